The van der Waals surface area contributed by atoms with Gasteiger partial charge in [0.1, 0.15) is 5.82 Å². The van der Waals surface area contributed by atoms with Crippen LogP contribution in [0, 0.1) is 6.92 Å². The Bertz CT molecular complexity index is 626. The van der Waals surface area contributed by atoms with Gasteiger partial charge in [0.2, 0.25) is 0 Å². The van der Waals surface area contributed by atoms with E-state index in [4.69, 9.17) is 4.98 Å². The molecule has 1 unspecified atom stereocenters. The van der Waals surface area contributed by atoms with Crippen molar-refractivity contribution in [1.82, 2.24) is 14.9 Å². The molecule has 0 aliphatic carbocycles. The quantitative estimate of drug-likeness (QED) is 0.940. The lowest BCUT2D eigenvalue weighted by Gasteiger charge is -2.29. The summed E-state index contributed by atoms with van der Waals surface area (Å²) in [6, 6.07) is 12.4. The third kappa shape index (κ3) is 3.83. The molecule has 1 N–H and O–H groups in total. The molecule has 2 aromatic rings. The first-order valence-electron chi connectivity index (χ1n) is 8.02. The molecular formula is C18H24N4. The Labute approximate surface area is 132 Å². The summed E-state index contributed by atoms with van der Waals surface area (Å²) in [4.78, 5) is 11.7. The number of anilines is 1. The molecule has 4 heteroatoms. The maximum absolute atomic E-state index is 4.80. The van der Waals surface area contributed by atoms with E-state index in [-0.39, 0.29) is 0 Å². The molecule has 116 valence electrons. The van der Waals surface area contributed by atoms with Gasteiger partial charge in [-0.15, -0.1) is 0 Å². The van der Waals surface area contributed by atoms with Gasteiger partial charge in [-0.2, -0.15) is 0 Å². The van der Waals surface area contributed by atoms with Gasteiger partial charge in [-0.3, -0.25) is 4.98 Å². The Morgan fingerprint density at radius 3 is 2.86 bits per heavy atom. The van der Waals surface area contributed by atoms with Crippen molar-refractivity contribution < 1.29 is 0 Å². The van der Waals surface area contributed by atoms with Crippen LogP contribution in [0.4, 0.5) is 5.82 Å². The van der Waals surface area contributed by atoms with Crippen molar-refractivity contribution >= 4 is 5.82 Å². The molecule has 0 bridgehead atoms. The maximum atomic E-state index is 4.80. The molecule has 4 nitrogen and oxygen atoms in total. The Morgan fingerprint density at radius 1 is 1.18 bits per heavy atom. The van der Waals surface area contributed by atoms with E-state index in [0.717, 1.165) is 23.8 Å². The van der Waals surface area contributed by atoms with Crippen LogP contribution in [-0.2, 0) is 6.54 Å². The molecule has 3 rings (SSSR count). The average Bonchev–Trinajstić information content (AvgIpc) is 2.53. The molecule has 0 saturated carbocycles. The van der Waals surface area contributed by atoms with E-state index in [1.54, 1.807) is 0 Å². The predicted octanol–water partition coefficient (Wildman–Crippen LogP) is 3.21. The summed E-state index contributed by atoms with van der Waals surface area (Å²) in [5, 5.41) is 3.39. The summed E-state index contributed by atoms with van der Waals surface area (Å²) in [7, 11) is 2.19. The Kier molecular flexibility index (Phi) is 4.68. The number of nitrogens with one attached hydrogen (secondary N) is 1. The van der Waals surface area contributed by atoms with Crippen molar-refractivity contribution in [2.24, 2.45) is 0 Å². The lowest BCUT2D eigenvalue weighted by molar-refractivity contribution is 0.248. The average molecular weight is 296 g/mol. The van der Waals surface area contributed by atoms with Crippen LogP contribution in [0.1, 0.15) is 35.8 Å². The number of nitrogens with zero attached hydrogens (tertiary/aromatic N) is 3. The first kappa shape index (κ1) is 15.0. The SMILES string of the molecule is Cc1cccc(CNc2cccc(C3CCCN(C)C3)n2)n1. The number of hydrogen-bond donors (Lipinski definition) is 1. The maximum Gasteiger partial charge on any atom is 0.126 e. The van der Waals surface area contributed by atoms with Gasteiger partial charge in [0.15, 0.2) is 0 Å². The van der Waals surface area contributed by atoms with Crippen LogP contribution in [0.2, 0.25) is 0 Å². The van der Waals surface area contributed by atoms with Crippen LogP contribution < -0.4 is 5.32 Å². The van der Waals surface area contributed by atoms with Crippen LogP contribution in [0.15, 0.2) is 36.4 Å². The second-order valence-electron chi connectivity index (χ2n) is 6.17. The first-order chi connectivity index (χ1) is 10.7. The van der Waals surface area contributed by atoms with Gasteiger partial charge in [0, 0.05) is 23.9 Å². The van der Waals surface area contributed by atoms with Gasteiger partial charge in [0.25, 0.3) is 0 Å². The minimum absolute atomic E-state index is 0.553. The monoisotopic (exact) mass is 296 g/mol. The van der Waals surface area contributed by atoms with Crippen molar-refractivity contribution in [3.63, 3.8) is 0 Å². The normalized spacial score (nSPS) is 19.1. The molecule has 1 saturated heterocycles. The molecule has 0 radical (unpaired) electrons. The van der Waals surface area contributed by atoms with Crippen molar-refractivity contribution in [3.05, 3.63) is 53.5 Å². The van der Waals surface area contributed by atoms with Gasteiger partial charge < -0.3 is 10.2 Å². The van der Waals surface area contributed by atoms with Crippen LogP contribution in [-0.4, -0.2) is 35.0 Å². The second-order valence-corrected chi connectivity index (χ2v) is 6.17. The van der Waals surface area contributed by atoms with E-state index in [1.165, 1.54) is 25.1 Å². The van der Waals surface area contributed by atoms with Crippen molar-refractivity contribution in [1.29, 1.82) is 0 Å². The first-order valence-corrected chi connectivity index (χ1v) is 8.02. The third-order valence-electron chi connectivity index (χ3n) is 4.21. The number of pyridine rings is 2. The van der Waals surface area contributed by atoms with Crippen LogP contribution in [0.3, 0.4) is 0 Å². The molecule has 1 fully saturated rings. The largest absolute Gasteiger partial charge is 0.364 e. The van der Waals surface area contributed by atoms with Gasteiger partial charge >= 0.3 is 0 Å². The topological polar surface area (TPSA) is 41.0 Å². The number of likely N-dealkylation sites (tertiary alicyclic amines) is 1. The van der Waals surface area contributed by atoms with E-state index in [1.807, 2.05) is 31.2 Å². The van der Waals surface area contributed by atoms with E-state index >= 15 is 0 Å². The number of rotatable bonds is 4. The summed E-state index contributed by atoms with van der Waals surface area (Å²) in [6.45, 7) is 5.04. The summed E-state index contributed by atoms with van der Waals surface area (Å²) in [5.41, 5.74) is 3.30. The molecule has 0 amide bonds. The second kappa shape index (κ2) is 6.88. The smallest absolute Gasteiger partial charge is 0.126 e. The third-order valence-corrected chi connectivity index (χ3v) is 4.21. The van der Waals surface area contributed by atoms with Crippen LogP contribution in [0.5, 0.6) is 0 Å². The van der Waals surface area contributed by atoms with Gasteiger partial charge in [-0.1, -0.05) is 12.1 Å². The zero-order valence-electron chi connectivity index (χ0n) is 13.4. The molecule has 0 spiro atoms. The summed E-state index contributed by atoms with van der Waals surface area (Å²) < 4.78 is 0. The zero-order chi connectivity index (χ0) is 15.4. The predicted molar refractivity (Wildman–Crippen MR) is 90.0 cm³/mol. The number of hydrogen-bond acceptors (Lipinski definition) is 4. The highest BCUT2D eigenvalue weighted by Crippen LogP contribution is 2.25. The number of likely N-dealkylation sites (N-methyl/N-ethyl adjacent to an activating group) is 1. The van der Waals surface area contributed by atoms with E-state index < -0.39 is 0 Å². The number of aromatic nitrogens is 2. The van der Waals surface area contributed by atoms with Gasteiger partial charge in [-0.05, 0) is 57.6 Å². The Morgan fingerprint density at radius 2 is 2.05 bits per heavy atom. The lowest BCUT2D eigenvalue weighted by atomic mass is 9.95. The van der Waals surface area contributed by atoms with Crippen LogP contribution in [0.25, 0.3) is 0 Å². The minimum Gasteiger partial charge on any atom is -0.364 e. The highest BCUT2D eigenvalue weighted by atomic mass is 15.1. The molecule has 3 heterocycles. The number of piperidine rings is 1. The minimum atomic E-state index is 0.553. The van der Waals surface area contributed by atoms with Crippen LogP contribution >= 0.6 is 0 Å². The Hall–Kier alpha value is -1.94. The van der Waals surface area contributed by atoms with Crippen molar-refractivity contribution in [3.8, 4) is 0 Å². The van der Waals surface area contributed by atoms with E-state index in [9.17, 15) is 0 Å². The van der Waals surface area contributed by atoms with E-state index in [0.29, 0.717) is 12.5 Å². The van der Waals surface area contributed by atoms with E-state index in [2.05, 4.69) is 34.4 Å². The van der Waals surface area contributed by atoms with Gasteiger partial charge in [-0.25, -0.2) is 4.98 Å². The summed E-state index contributed by atoms with van der Waals surface area (Å²) >= 11 is 0. The highest BCUT2D eigenvalue weighted by Gasteiger charge is 2.20. The van der Waals surface area contributed by atoms with Crippen molar-refractivity contribution in [2.45, 2.75) is 32.2 Å². The standard InChI is InChI=1S/C18H24N4/c1-14-6-3-8-16(20-14)12-19-18-10-4-9-17(21-18)15-7-5-11-22(2)13-15/h3-4,6,8-10,15H,5,7,11-13H2,1-2H3,(H,19,21). The zero-order valence-corrected chi connectivity index (χ0v) is 13.4. The highest BCUT2D eigenvalue weighted by molar-refractivity contribution is 5.36. The van der Waals surface area contributed by atoms with Gasteiger partial charge in [0.05, 0.1) is 12.2 Å². The molecule has 1 aliphatic rings. The summed E-state index contributed by atoms with van der Waals surface area (Å²) in [5.74, 6) is 1.49. The molecule has 1 aliphatic heterocycles. The fourth-order valence-electron chi connectivity index (χ4n) is 3.06. The summed E-state index contributed by atoms with van der Waals surface area (Å²) in [6.07, 6.45) is 2.49. The molecule has 2 aromatic heterocycles. The lowest BCUT2D eigenvalue weighted by Crippen LogP contribution is -2.31. The fraction of sp³-hybridized carbons (Fsp3) is 0.444. The number of aryl methyl sites for hydroxylation is 1. The Balaban J connectivity index is 1.66. The molecule has 0 aromatic carbocycles. The van der Waals surface area contributed by atoms with Crippen molar-refractivity contribution in [2.75, 3.05) is 25.5 Å². The molecular weight excluding hydrogens is 272 g/mol. The molecule has 22 heavy (non-hydrogen) atoms. The fourth-order valence-corrected chi connectivity index (χ4v) is 3.06. The molecule has 1 atom stereocenters.